The van der Waals surface area contributed by atoms with Crippen molar-refractivity contribution in [3.63, 3.8) is 0 Å². The van der Waals surface area contributed by atoms with Crippen molar-refractivity contribution in [1.82, 2.24) is 4.90 Å². The average molecular weight is 449 g/mol. The van der Waals surface area contributed by atoms with E-state index in [0.29, 0.717) is 17.5 Å². The molecule has 148 valence electrons. The molecule has 2 aliphatic carbocycles. The maximum atomic E-state index is 12.6. The number of esters is 1. The molecule has 0 unspecified atom stereocenters. The molecule has 0 spiro atoms. The van der Waals surface area contributed by atoms with Crippen molar-refractivity contribution in [1.29, 1.82) is 0 Å². The fraction of sp³-hybridized carbons (Fsp3) is 0.500. The highest BCUT2D eigenvalue weighted by atomic mass is 79.9. The van der Waals surface area contributed by atoms with E-state index in [1.54, 1.807) is 24.3 Å². The Morgan fingerprint density at radius 2 is 1.68 bits per heavy atom. The van der Waals surface area contributed by atoms with Crippen LogP contribution in [-0.4, -0.2) is 41.7 Å². The molecule has 1 aromatic carbocycles. The number of hydrogen-bond acceptors (Lipinski definition) is 5. The molecule has 3 amide bonds. The lowest BCUT2D eigenvalue weighted by Gasteiger charge is -2.19. The highest BCUT2D eigenvalue weighted by Crippen LogP contribution is 2.56. The first-order valence-electron chi connectivity index (χ1n) is 9.50. The predicted molar refractivity (Wildman–Crippen MR) is 103 cm³/mol. The normalized spacial score (nSPS) is 27.8. The van der Waals surface area contributed by atoms with Crippen molar-refractivity contribution in [2.45, 2.75) is 25.7 Å². The highest BCUT2D eigenvalue weighted by molar-refractivity contribution is 9.10. The second-order valence-electron chi connectivity index (χ2n) is 7.68. The molecule has 1 aromatic rings. The van der Waals surface area contributed by atoms with E-state index in [1.165, 1.54) is 4.90 Å². The van der Waals surface area contributed by atoms with Crippen molar-refractivity contribution in [2.75, 3.05) is 18.5 Å². The van der Waals surface area contributed by atoms with Crippen LogP contribution in [0.15, 0.2) is 28.7 Å². The van der Waals surface area contributed by atoms with E-state index in [2.05, 4.69) is 21.2 Å². The van der Waals surface area contributed by atoms with Crippen molar-refractivity contribution in [2.24, 2.45) is 23.7 Å². The molecule has 28 heavy (non-hydrogen) atoms. The van der Waals surface area contributed by atoms with Gasteiger partial charge in [-0.15, -0.1) is 0 Å². The number of carbonyl (C=O) groups excluding carboxylic acids is 4. The third kappa shape index (κ3) is 3.57. The van der Waals surface area contributed by atoms with Gasteiger partial charge in [-0.2, -0.15) is 0 Å². The summed E-state index contributed by atoms with van der Waals surface area (Å²) in [5.41, 5.74) is 0.596. The van der Waals surface area contributed by atoms with E-state index in [0.717, 1.165) is 23.7 Å². The van der Waals surface area contributed by atoms with Crippen LogP contribution in [0.1, 0.15) is 25.7 Å². The Morgan fingerprint density at radius 1 is 1.07 bits per heavy atom. The second kappa shape index (κ2) is 7.66. The minimum Gasteiger partial charge on any atom is -0.456 e. The molecule has 1 saturated heterocycles. The van der Waals surface area contributed by atoms with Crippen molar-refractivity contribution in [3.8, 4) is 0 Å². The molecule has 2 saturated carbocycles. The average Bonchev–Trinajstić information content (AvgIpc) is 3.35. The third-order valence-electron chi connectivity index (χ3n) is 6.05. The highest BCUT2D eigenvalue weighted by Gasteiger charge is 2.60. The van der Waals surface area contributed by atoms with E-state index in [1.807, 2.05) is 0 Å². The molecule has 1 aliphatic heterocycles. The van der Waals surface area contributed by atoms with Gasteiger partial charge in [-0.05, 0) is 55.4 Å². The van der Waals surface area contributed by atoms with Crippen LogP contribution in [0.25, 0.3) is 0 Å². The third-order valence-corrected chi connectivity index (χ3v) is 6.58. The number of imide groups is 1. The van der Waals surface area contributed by atoms with Crippen molar-refractivity contribution >= 4 is 45.3 Å². The summed E-state index contributed by atoms with van der Waals surface area (Å²) in [5, 5.41) is 2.62. The maximum absolute atomic E-state index is 12.6. The van der Waals surface area contributed by atoms with Gasteiger partial charge in [0, 0.05) is 16.7 Å². The molecule has 2 bridgehead atoms. The van der Waals surface area contributed by atoms with Crippen LogP contribution < -0.4 is 5.32 Å². The number of nitrogens with zero attached hydrogens (tertiary/aromatic N) is 1. The molecule has 3 fully saturated rings. The molecule has 4 atom stereocenters. The van der Waals surface area contributed by atoms with E-state index >= 15 is 0 Å². The molecule has 0 aromatic heterocycles. The molecule has 7 nitrogen and oxygen atoms in total. The first-order chi connectivity index (χ1) is 13.4. The predicted octanol–water partition coefficient (Wildman–Crippen LogP) is 2.35. The molecule has 1 heterocycles. The van der Waals surface area contributed by atoms with Gasteiger partial charge in [-0.1, -0.05) is 15.9 Å². The zero-order valence-corrected chi connectivity index (χ0v) is 16.8. The minimum atomic E-state index is -0.605. The van der Waals surface area contributed by atoms with Gasteiger partial charge < -0.3 is 10.1 Å². The Bertz CT molecular complexity index is 796. The van der Waals surface area contributed by atoms with Gasteiger partial charge in [0.05, 0.1) is 18.3 Å². The fourth-order valence-electron chi connectivity index (χ4n) is 4.84. The molecule has 4 rings (SSSR count). The van der Waals surface area contributed by atoms with Gasteiger partial charge in [0.25, 0.3) is 5.91 Å². The van der Waals surface area contributed by atoms with E-state index in [4.69, 9.17) is 4.74 Å². The molecular formula is C20H21BrN2O5. The van der Waals surface area contributed by atoms with Crippen LogP contribution in [0.3, 0.4) is 0 Å². The van der Waals surface area contributed by atoms with E-state index in [-0.39, 0.29) is 36.6 Å². The molecule has 0 radical (unpaired) electrons. The number of nitrogens with one attached hydrogen (secondary N) is 1. The molecule has 8 heteroatoms. The fourth-order valence-corrected chi connectivity index (χ4v) is 5.11. The molecule has 1 N–H and O–H groups in total. The Hall–Kier alpha value is -2.22. The number of amides is 3. The SMILES string of the molecule is O=C(COC(=O)CCN1C(=O)[C@@H]2[C@H]3CC[C@@H](C3)[C@@H]2C1=O)Nc1ccc(Br)cc1. The van der Waals surface area contributed by atoms with Crippen molar-refractivity contribution in [3.05, 3.63) is 28.7 Å². The first-order valence-corrected chi connectivity index (χ1v) is 10.3. The Morgan fingerprint density at radius 3 is 2.29 bits per heavy atom. The van der Waals surface area contributed by atoms with E-state index < -0.39 is 18.5 Å². The number of hydrogen-bond donors (Lipinski definition) is 1. The zero-order chi connectivity index (χ0) is 19.8. The summed E-state index contributed by atoms with van der Waals surface area (Å²) < 4.78 is 5.86. The van der Waals surface area contributed by atoms with Crippen LogP contribution in [0.2, 0.25) is 0 Å². The van der Waals surface area contributed by atoms with Crippen LogP contribution in [0.5, 0.6) is 0 Å². The summed E-state index contributed by atoms with van der Waals surface area (Å²) >= 11 is 3.31. The van der Waals surface area contributed by atoms with Crippen LogP contribution in [-0.2, 0) is 23.9 Å². The topological polar surface area (TPSA) is 92.8 Å². The number of fused-ring (bicyclic) bond motifs is 5. The Kier molecular flexibility index (Phi) is 5.23. The standard InChI is InChI=1S/C20H21BrN2O5/c21-13-3-5-14(6-4-13)22-15(24)10-28-16(25)7-8-23-19(26)17-11-1-2-12(9-11)18(17)20(23)27/h3-6,11-12,17-18H,1-2,7-10H2,(H,22,24)/t11-,12-,17-,18+/m0/s1. The van der Waals surface area contributed by atoms with Gasteiger partial charge in [-0.25, -0.2) is 0 Å². The van der Waals surface area contributed by atoms with Crippen LogP contribution >= 0.6 is 15.9 Å². The number of anilines is 1. The number of ether oxygens (including phenoxy) is 1. The summed E-state index contributed by atoms with van der Waals surface area (Å²) in [5.74, 6) is -1.04. The Balaban J connectivity index is 1.22. The Labute approximate surface area is 170 Å². The summed E-state index contributed by atoms with van der Waals surface area (Å²) in [6.45, 7) is -0.385. The van der Waals surface area contributed by atoms with Gasteiger partial charge in [-0.3, -0.25) is 24.1 Å². The quantitative estimate of drug-likeness (QED) is 0.532. The largest absolute Gasteiger partial charge is 0.456 e. The van der Waals surface area contributed by atoms with E-state index in [9.17, 15) is 19.2 Å². The number of carbonyl (C=O) groups is 4. The lowest BCUT2D eigenvalue weighted by atomic mass is 9.81. The number of benzene rings is 1. The van der Waals surface area contributed by atoms with Crippen molar-refractivity contribution < 1.29 is 23.9 Å². The molecular weight excluding hydrogens is 428 g/mol. The van der Waals surface area contributed by atoms with Gasteiger partial charge in [0.15, 0.2) is 6.61 Å². The smallest absolute Gasteiger partial charge is 0.308 e. The monoisotopic (exact) mass is 448 g/mol. The summed E-state index contributed by atoms with van der Waals surface area (Å²) in [7, 11) is 0. The van der Waals surface area contributed by atoms with Gasteiger partial charge in [0.1, 0.15) is 0 Å². The van der Waals surface area contributed by atoms with Gasteiger partial charge in [0.2, 0.25) is 11.8 Å². The number of rotatable bonds is 6. The lowest BCUT2D eigenvalue weighted by molar-refractivity contribution is -0.149. The lowest BCUT2D eigenvalue weighted by Crippen LogP contribution is -2.35. The van der Waals surface area contributed by atoms with Crippen LogP contribution in [0.4, 0.5) is 5.69 Å². The summed E-state index contributed by atoms with van der Waals surface area (Å²) in [6, 6.07) is 7.01. The zero-order valence-electron chi connectivity index (χ0n) is 15.2. The number of halogens is 1. The minimum absolute atomic E-state index is 0.0251. The second-order valence-corrected chi connectivity index (χ2v) is 8.59. The van der Waals surface area contributed by atoms with Crippen LogP contribution in [0, 0.1) is 23.7 Å². The number of likely N-dealkylation sites (tertiary alicyclic amines) is 1. The molecule has 3 aliphatic rings. The maximum Gasteiger partial charge on any atom is 0.308 e. The summed E-state index contributed by atoms with van der Waals surface area (Å²) in [4.78, 5) is 50.2. The summed E-state index contributed by atoms with van der Waals surface area (Å²) in [6.07, 6.45) is 2.93. The van der Waals surface area contributed by atoms with Gasteiger partial charge >= 0.3 is 5.97 Å². The first kappa shape index (κ1) is 19.1.